The van der Waals surface area contributed by atoms with Gasteiger partial charge in [0.25, 0.3) is 0 Å². The number of imidazole rings is 1. The molecule has 0 aliphatic heterocycles. The molecule has 0 unspecified atom stereocenters. The van der Waals surface area contributed by atoms with E-state index < -0.39 is 11.6 Å². The number of para-hydroxylation sites is 1. The van der Waals surface area contributed by atoms with Crippen molar-refractivity contribution in [2.45, 2.75) is 0 Å². The minimum atomic E-state index is -0.721. The van der Waals surface area contributed by atoms with Crippen LogP contribution in [0.25, 0.3) is 28.2 Å². The predicted octanol–water partition coefficient (Wildman–Crippen LogP) is 4.87. The van der Waals surface area contributed by atoms with Gasteiger partial charge in [0, 0.05) is 16.8 Å². The lowest BCUT2D eigenvalue weighted by Gasteiger charge is -2.04. The van der Waals surface area contributed by atoms with Gasteiger partial charge in [-0.3, -0.25) is 4.40 Å². The monoisotopic (exact) mass is 354 g/mol. The van der Waals surface area contributed by atoms with E-state index in [2.05, 4.69) is 4.98 Å². The first-order chi connectivity index (χ1) is 12.1. The van der Waals surface area contributed by atoms with E-state index in [-0.39, 0.29) is 11.3 Å². The van der Waals surface area contributed by atoms with Gasteiger partial charge in [0.1, 0.15) is 17.3 Å². The summed E-state index contributed by atoms with van der Waals surface area (Å²) in [7, 11) is 0. The molecule has 0 aliphatic rings. The van der Waals surface area contributed by atoms with E-state index in [4.69, 9.17) is 11.6 Å². The maximum atomic E-state index is 13.8. The smallest absolute Gasteiger partial charge is 0.165 e. The van der Waals surface area contributed by atoms with Crippen molar-refractivity contribution in [1.82, 2.24) is 9.38 Å². The van der Waals surface area contributed by atoms with E-state index in [0.717, 1.165) is 0 Å². The van der Waals surface area contributed by atoms with Crippen LogP contribution >= 0.6 is 11.6 Å². The lowest BCUT2D eigenvalue weighted by Crippen LogP contribution is -1.89. The zero-order valence-electron chi connectivity index (χ0n) is 12.8. The highest BCUT2D eigenvalue weighted by Gasteiger charge is 2.19. The summed E-state index contributed by atoms with van der Waals surface area (Å²) in [5.74, 6) is -0.723. The predicted molar refractivity (Wildman–Crippen MR) is 94.4 cm³/mol. The van der Waals surface area contributed by atoms with Crippen LogP contribution in [0.1, 0.15) is 0 Å². The molecular weight excluding hydrogens is 343 g/mol. The van der Waals surface area contributed by atoms with Crippen LogP contribution in [0.4, 0.5) is 4.39 Å². The van der Waals surface area contributed by atoms with Gasteiger partial charge in [-0.05, 0) is 42.5 Å². The second-order valence-corrected chi connectivity index (χ2v) is 5.97. The van der Waals surface area contributed by atoms with E-state index in [0.29, 0.717) is 27.6 Å². The average molecular weight is 355 g/mol. The van der Waals surface area contributed by atoms with E-state index in [1.165, 1.54) is 18.2 Å². The first-order valence-electron chi connectivity index (χ1n) is 7.50. The van der Waals surface area contributed by atoms with E-state index in [1.807, 2.05) is 12.1 Å². The van der Waals surface area contributed by atoms with Gasteiger partial charge in [0.05, 0.1) is 11.1 Å². The Labute approximate surface area is 147 Å². The summed E-state index contributed by atoms with van der Waals surface area (Å²) < 4.78 is 15.5. The third-order valence-electron chi connectivity index (χ3n) is 3.99. The van der Waals surface area contributed by atoms with Gasteiger partial charge in [-0.1, -0.05) is 23.7 Å². The number of hydrogen-bond acceptors (Lipinski definition) is 3. The minimum Gasteiger partial charge on any atom is -0.507 e. The fraction of sp³-hybridized carbons (Fsp3) is 0. The van der Waals surface area contributed by atoms with E-state index >= 15 is 0 Å². The molecule has 4 aromatic rings. The van der Waals surface area contributed by atoms with Gasteiger partial charge >= 0.3 is 0 Å². The molecule has 4 rings (SSSR count). The van der Waals surface area contributed by atoms with Gasteiger partial charge in [0.15, 0.2) is 11.6 Å². The number of aromatic hydroxyl groups is 2. The Morgan fingerprint density at radius 3 is 2.64 bits per heavy atom. The number of hydrogen-bond donors (Lipinski definition) is 2. The van der Waals surface area contributed by atoms with Crippen LogP contribution in [0.2, 0.25) is 5.02 Å². The summed E-state index contributed by atoms with van der Waals surface area (Å²) >= 11 is 6.05. The Morgan fingerprint density at radius 2 is 1.80 bits per heavy atom. The van der Waals surface area contributed by atoms with E-state index in [1.54, 1.807) is 34.9 Å². The number of aromatic nitrogens is 2. The molecule has 124 valence electrons. The highest BCUT2D eigenvalue weighted by atomic mass is 35.5. The molecule has 2 aromatic heterocycles. The molecule has 25 heavy (non-hydrogen) atoms. The number of nitrogens with zero attached hydrogens (tertiary/aromatic N) is 2. The van der Waals surface area contributed by atoms with Crippen molar-refractivity contribution in [1.29, 1.82) is 0 Å². The van der Waals surface area contributed by atoms with Crippen molar-refractivity contribution in [2.24, 2.45) is 0 Å². The lowest BCUT2D eigenvalue weighted by atomic mass is 10.1. The van der Waals surface area contributed by atoms with Gasteiger partial charge in [-0.15, -0.1) is 0 Å². The molecule has 0 bridgehead atoms. The quantitative estimate of drug-likeness (QED) is 0.540. The van der Waals surface area contributed by atoms with Crippen LogP contribution in [-0.2, 0) is 0 Å². The zero-order chi connectivity index (χ0) is 17.6. The molecule has 2 heterocycles. The topological polar surface area (TPSA) is 57.8 Å². The number of pyridine rings is 1. The molecule has 0 spiro atoms. The Balaban J connectivity index is 2.06. The molecule has 2 N–H and O–H groups in total. The second kappa shape index (κ2) is 5.79. The zero-order valence-corrected chi connectivity index (χ0v) is 13.6. The van der Waals surface area contributed by atoms with Crippen LogP contribution in [0, 0.1) is 5.82 Å². The summed E-state index contributed by atoms with van der Waals surface area (Å²) in [6.07, 6.45) is 1.78. The number of halogens is 2. The third kappa shape index (κ3) is 2.49. The molecule has 0 atom stereocenters. The Bertz CT molecular complexity index is 1070. The molecule has 4 nitrogen and oxygen atoms in total. The number of fused-ring (bicyclic) bond motifs is 1. The molecule has 0 saturated heterocycles. The molecule has 0 amide bonds. The van der Waals surface area contributed by atoms with Crippen molar-refractivity contribution in [3.8, 4) is 34.1 Å². The first-order valence-corrected chi connectivity index (χ1v) is 7.88. The average Bonchev–Trinajstić information content (AvgIpc) is 2.99. The fourth-order valence-electron chi connectivity index (χ4n) is 2.82. The summed E-state index contributed by atoms with van der Waals surface area (Å²) in [6, 6.07) is 14.4. The van der Waals surface area contributed by atoms with Gasteiger partial charge in [-0.2, -0.15) is 0 Å². The number of phenolic OH excluding ortho intramolecular Hbond substituents is 2. The first kappa shape index (κ1) is 15.5. The number of phenols is 2. The number of rotatable bonds is 2. The standard InChI is InChI=1S/C19H12ClFN2O2/c20-11-7-8-16(24)13(10-11)19-22-17(15-6-1-2-9-23(15)19)12-4-3-5-14(21)18(12)25/h1-10,24-25H. The normalized spacial score (nSPS) is 11.1. The summed E-state index contributed by atoms with van der Waals surface area (Å²) in [4.78, 5) is 4.55. The van der Waals surface area contributed by atoms with Crippen LogP contribution in [0.5, 0.6) is 11.5 Å². The van der Waals surface area contributed by atoms with Crippen LogP contribution in [0.15, 0.2) is 60.8 Å². The largest absolute Gasteiger partial charge is 0.507 e. The molecule has 0 radical (unpaired) electrons. The summed E-state index contributed by atoms with van der Waals surface area (Å²) in [5.41, 5.74) is 1.79. The maximum absolute atomic E-state index is 13.8. The summed E-state index contributed by atoms with van der Waals surface area (Å²) in [6.45, 7) is 0. The Morgan fingerprint density at radius 1 is 0.960 bits per heavy atom. The van der Waals surface area contributed by atoms with Crippen molar-refractivity contribution < 1.29 is 14.6 Å². The molecule has 0 fully saturated rings. The molecule has 6 heteroatoms. The summed E-state index contributed by atoms with van der Waals surface area (Å²) in [5, 5.41) is 20.8. The third-order valence-corrected chi connectivity index (χ3v) is 4.22. The molecule has 0 saturated carbocycles. The van der Waals surface area contributed by atoms with Crippen molar-refractivity contribution in [3.63, 3.8) is 0 Å². The van der Waals surface area contributed by atoms with Crippen LogP contribution in [0.3, 0.4) is 0 Å². The maximum Gasteiger partial charge on any atom is 0.165 e. The van der Waals surface area contributed by atoms with Crippen LogP contribution in [-0.4, -0.2) is 19.6 Å². The SMILES string of the molecule is Oc1ccc(Cl)cc1-c1nc(-c2cccc(F)c2O)c2ccccn12. The van der Waals surface area contributed by atoms with Crippen molar-refractivity contribution in [2.75, 3.05) is 0 Å². The fourth-order valence-corrected chi connectivity index (χ4v) is 2.99. The van der Waals surface area contributed by atoms with E-state index in [9.17, 15) is 14.6 Å². The second-order valence-electron chi connectivity index (χ2n) is 5.54. The molecular formula is C19H12ClFN2O2. The Hall–Kier alpha value is -3.05. The molecule has 0 aliphatic carbocycles. The van der Waals surface area contributed by atoms with Gasteiger partial charge in [0.2, 0.25) is 0 Å². The number of benzene rings is 2. The van der Waals surface area contributed by atoms with Crippen molar-refractivity contribution >= 4 is 17.1 Å². The van der Waals surface area contributed by atoms with Crippen LogP contribution < -0.4 is 0 Å². The lowest BCUT2D eigenvalue weighted by molar-refractivity contribution is 0.434. The van der Waals surface area contributed by atoms with Gasteiger partial charge < -0.3 is 10.2 Å². The molecule has 2 aromatic carbocycles. The van der Waals surface area contributed by atoms with Crippen molar-refractivity contribution in [3.05, 3.63) is 71.6 Å². The highest BCUT2D eigenvalue weighted by Crippen LogP contribution is 2.38. The highest BCUT2D eigenvalue weighted by molar-refractivity contribution is 6.30. The Kier molecular flexibility index (Phi) is 3.58. The minimum absolute atomic E-state index is 0.0233. The van der Waals surface area contributed by atoms with Gasteiger partial charge in [-0.25, -0.2) is 9.37 Å².